The number of hydrogen-bond donors (Lipinski definition) is 1. The highest BCUT2D eigenvalue weighted by atomic mass is 79.9. The van der Waals surface area contributed by atoms with Gasteiger partial charge in [0.05, 0.1) is 12.8 Å². The Morgan fingerprint density at radius 2 is 2.16 bits per heavy atom. The van der Waals surface area contributed by atoms with Gasteiger partial charge in [-0.2, -0.15) is 0 Å². The van der Waals surface area contributed by atoms with Crippen molar-refractivity contribution in [3.8, 4) is 17.1 Å². The van der Waals surface area contributed by atoms with E-state index in [4.69, 9.17) is 10.5 Å². The summed E-state index contributed by atoms with van der Waals surface area (Å²) in [6.45, 7) is 2.53. The Hall–Kier alpha value is -1.33. The van der Waals surface area contributed by atoms with Gasteiger partial charge >= 0.3 is 0 Å². The van der Waals surface area contributed by atoms with Crippen molar-refractivity contribution in [3.63, 3.8) is 0 Å². The molecule has 2 N–H and O–H groups in total. The number of aryl methyl sites for hydroxylation is 1. The number of benzene rings is 1. The molecule has 2 rings (SSSR count). The molecular weight excluding hydrogens is 306 g/mol. The van der Waals surface area contributed by atoms with Crippen molar-refractivity contribution < 1.29 is 4.74 Å². The number of hydrogen-bond acceptors (Lipinski definition) is 3. The molecule has 2 aromatic rings. The minimum atomic E-state index is 0.422. The summed E-state index contributed by atoms with van der Waals surface area (Å²) in [5.74, 6) is 1.82. The first-order valence-electron chi connectivity index (χ1n) is 6.20. The number of halogens is 1. The van der Waals surface area contributed by atoms with Crippen molar-refractivity contribution in [3.05, 3.63) is 34.1 Å². The molecule has 19 heavy (non-hydrogen) atoms. The zero-order valence-electron chi connectivity index (χ0n) is 11.4. The fourth-order valence-electron chi connectivity index (χ4n) is 2.12. The van der Waals surface area contributed by atoms with E-state index in [-0.39, 0.29) is 0 Å². The van der Waals surface area contributed by atoms with Gasteiger partial charge in [-0.15, -0.1) is 0 Å². The topological polar surface area (TPSA) is 53.1 Å². The first-order chi connectivity index (χ1) is 9.12. The molecule has 0 aliphatic rings. The van der Waals surface area contributed by atoms with E-state index in [2.05, 4.69) is 33.9 Å². The minimum absolute atomic E-state index is 0.422. The minimum Gasteiger partial charge on any atom is -0.496 e. The lowest BCUT2D eigenvalue weighted by atomic mass is 10.1. The number of rotatable bonds is 4. The normalized spacial score (nSPS) is 10.8. The van der Waals surface area contributed by atoms with E-state index in [9.17, 15) is 0 Å². The highest BCUT2D eigenvalue weighted by Gasteiger charge is 2.14. The third-order valence-electron chi connectivity index (χ3n) is 3.20. The largest absolute Gasteiger partial charge is 0.496 e. The second-order valence-electron chi connectivity index (χ2n) is 4.32. The highest BCUT2D eigenvalue weighted by molar-refractivity contribution is 9.10. The summed E-state index contributed by atoms with van der Waals surface area (Å²) >= 11 is 3.52. The zero-order chi connectivity index (χ0) is 14.0. The van der Waals surface area contributed by atoms with Gasteiger partial charge < -0.3 is 15.0 Å². The summed E-state index contributed by atoms with van der Waals surface area (Å²) in [6, 6.07) is 6.12. The molecule has 1 aromatic carbocycles. The molecule has 0 aliphatic carbocycles. The molecule has 4 nitrogen and oxygen atoms in total. The Bertz CT molecular complexity index is 593. The van der Waals surface area contributed by atoms with E-state index in [1.54, 1.807) is 7.11 Å². The molecule has 0 spiro atoms. The van der Waals surface area contributed by atoms with Crippen molar-refractivity contribution in [2.45, 2.75) is 19.9 Å². The summed E-state index contributed by atoms with van der Waals surface area (Å²) in [5, 5.41) is 0. The molecular formula is C14H18BrN3O. The van der Waals surface area contributed by atoms with Gasteiger partial charge in [0.25, 0.3) is 0 Å². The molecule has 0 atom stereocenters. The van der Waals surface area contributed by atoms with Crippen LogP contribution in [-0.2, 0) is 20.0 Å². The lowest BCUT2D eigenvalue weighted by molar-refractivity contribution is 0.410. The van der Waals surface area contributed by atoms with E-state index in [1.807, 2.05) is 23.7 Å². The lowest BCUT2D eigenvalue weighted by Crippen LogP contribution is -1.97. The highest BCUT2D eigenvalue weighted by Crippen LogP contribution is 2.29. The van der Waals surface area contributed by atoms with Gasteiger partial charge in [0.15, 0.2) is 0 Å². The molecule has 0 amide bonds. The van der Waals surface area contributed by atoms with Crippen LogP contribution >= 0.6 is 15.9 Å². The average Bonchev–Trinajstić information content (AvgIpc) is 2.74. The van der Waals surface area contributed by atoms with Crippen molar-refractivity contribution in [2.24, 2.45) is 12.8 Å². The van der Waals surface area contributed by atoms with Crippen LogP contribution in [0.15, 0.2) is 22.8 Å². The van der Waals surface area contributed by atoms with E-state index >= 15 is 0 Å². The summed E-state index contributed by atoms with van der Waals surface area (Å²) in [7, 11) is 3.67. The maximum absolute atomic E-state index is 5.69. The fourth-order valence-corrected chi connectivity index (χ4v) is 2.54. The van der Waals surface area contributed by atoms with Gasteiger partial charge in [-0.25, -0.2) is 4.98 Å². The fraction of sp³-hybridized carbons (Fsp3) is 0.357. The summed E-state index contributed by atoms with van der Waals surface area (Å²) in [5.41, 5.74) is 8.80. The molecule has 5 heteroatoms. The van der Waals surface area contributed by atoms with Gasteiger partial charge in [-0.05, 0) is 46.1 Å². The quantitative estimate of drug-likeness (QED) is 0.941. The first kappa shape index (κ1) is 14.1. The molecule has 0 fully saturated rings. The molecule has 0 saturated carbocycles. The monoisotopic (exact) mass is 323 g/mol. The van der Waals surface area contributed by atoms with Crippen LogP contribution in [0.4, 0.5) is 0 Å². The Kier molecular flexibility index (Phi) is 4.27. The number of imidazole rings is 1. The van der Waals surface area contributed by atoms with Crippen LogP contribution in [0.3, 0.4) is 0 Å². The van der Waals surface area contributed by atoms with Crippen molar-refractivity contribution in [1.29, 1.82) is 0 Å². The van der Waals surface area contributed by atoms with Crippen LogP contribution in [0.2, 0.25) is 0 Å². The second-order valence-corrected chi connectivity index (χ2v) is 5.07. The first-order valence-corrected chi connectivity index (χ1v) is 7.00. The van der Waals surface area contributed by atoms with Crippen molar-refractivity contribution in [2.75, 3.05) is 7.11 Å². The van der Waals surface area contributed by atoms with E-state index < -0.39 is 0 Å². The van der Waals surface area contributed by atoms with Gasteiger partial charge in [-0.3, -0.25) is 0 Å². The molecule has 0 aliphatic heterocycles. The Morgan fingerprint density at radius 3 is 2.68 bits per heavy atom. The van der Waals surface area contributed by atoms with Crippen LogP contribution in [0.1, 0.15) is 18.2 Å². The zero-order valence-corrected chi connectivity index (χ0v) is 13.0. The van der Waals surface area contributed by atoms with Crippen molar-refractivity contribution >= 4 is 15.9 Å². The second kappa shape index (κ2) is 5.75. The summed E-state index contributed by atoms with van der Waals surface area (Å²) in [6.07, 6.45) is 0.923. The van der Waals surface area contributed by atoms with Crippen LogP contribution in [0, 0.1) is 0 Å². The van der Waals surface area contributed by atoms with Gasteiger partial charge in [-0.1, -0.05) is 6.92 Å². The molecule has 0 unspecified atom stereocenters. The Labute approximate surface area is 121 Å². The maximum atomic E-state index is 5.69. The van der Waals surface area contributed by atoms with Crippen LogP contribution < -0.4 is 10.5 Å². The van der Waals surface area contributed by atoms with Crippen molar-refractivity contribution in [1.82, 2.24) is 9.55 Å². The van der Waals surface area contributed by atoms with E-state index in [1.165, 1.54) is 5.56 Å². The molecule has 0 bridgehead atoms. The van der Waals surface area contributed by atoms with Crippen LogP contribution in [-0.4, -0.2) is 16.7 Å². The molecule has 102 valence electrons. The molecule has 1 heterocycles. The number of nitrogens with zero attached hydrogens (tertiary/aromatic N) is 2. The maximum Gasteiger partial charge on any atom is 0.140 e. The third kappa shape index (κ3) is 2.53. The number of nitrogens with two attached hydrogens (primary N) is 1. The lowest BCUT2D eigenvalue weighted by Gasteiger charge is -2.09. The molecule has 0 saturated heterocycles. The average molecular weight is 324 g/mol. The summed E-state index contributed by atoms with van der Waals surface area (Å²) < 4.78 is 8.28. The number of methoxy groups -OCH3 is 1. The molecule has 0 radical (unpaired) electrons. The van der Waals surface area contributed by atoms with Gasteiger partial charge in [0, 0.05) is 19.2 Å². The third-order valence-corrected chi connectivity index (χ3v) is 4.19. The number of ether oxygens (including phenoxy) is 1. The smallest absolute Gasteiger partial charge is 0.140 e. The van der Waals surface area contributed by atoms with E-state index in [0.717, 1.165) is 33.9 Å². The standard InChI is InChI=1S/C14H18BrN3O/c1-4-9-7-10(5-6-12(9)19-3)14-17-11(8-16)13(15)18(14)2/h5-7H,4,8,16H2,1-3H3. The Morgan fingerprint density at radius 1 is 1.42 bits per heavy atom. The van der Waals surface area contributed by atoms with Gasteiger partial charge in [0.1, 0.15) is 16.2 Å². The van der Waals surface area contributed by atoms with Crippen LogP contribution in [0.5, 0.6) is 5.75 Å². The number of aromatic nitrogens is 2. The van der Waals surface area contributed by atoms with E-state index in [0.29, 0.717) is 6.54 Å². The predicted molar refractivity (Wildman–Crippen MR) is 80.2 cm³/mol. The molecule has 1 aromatic heterocycles. The SMILES string of the molecule is CCc1cc(-c2nc(CN)c(Br)n2C)ccc1OC. The van der Waals surface area contributed by atoms with Gasteiger partial charge in [0.2, 0.25) is 0 Å². The van der Waals surface area contributed by atoms with Crippen LogP contribution in [0.25, 0.3) is 11.4 Å². The Balaban J connectivity index is 2.53. The predicted octanol–water partition coefficient (Wildman–Crippen LogP) is 2.88. The summed E-state index contributed by atoms with van der Waals surface area (Å²) in [4.78, 5) is 4.58.